The average Bonchev–Trinajstić information content (AvgIpc) is 2.38. The summed E-state index contributed by atoms with van der Waals surface area (Å²) in [6, 6.07) is 6.46. The zero-order valence-corrected chi connectivity index (χ0v) is 12.0. The molecular weight excluding hydrogens is 224 g/mol. The highest BCUT2D eigenvalue weighted by Gasteiger charge is 2.06. The van der Waals surface area contributed by atoms with E-state index in [0.29, 0.717) is 5.92 Å². The van der Waals surface area contributed by atoms with E-state index in [2.05, 4.69) is 42.7 Å². The Bertz CT molecular complexity index is 350. The molecule has 0 heterocycles. The van der Waals surface area contributed by atoms with Gasteiger partial charge in [0.2, 0.25) is 0 Å². The number of hydrogen-bond donors (Lipinski definition) is 2. The SMILES string of the molecule is CNCCCNCc1cc(C(C)C)ccc1OC. The fourth-order valence-corrected chi connectivity index (χ4v) is 1.91. The van der Waals surface area contributed by atoms with Gasteiger partial charge in [-0.15, -0.1) is 0 Å². The van der Waals surface area contributed by atoms with E-state index in [1.54, 1.807) is 7.11 Å². The fourth-order valence-electron chi connectivity index (χ4n) is 1.91. The summed E-state index contributed by atoms with van der Waals surface area (Å²) in [6.45, 7) is 7.37. The minimum atomic E-state index is 0.555. The molecule has 0 amide bonds. The maximum atomic E-state index is 5.41. The van der Waals surface area contributed by atoms with Crippen LogP contribution in [-0.4, -0.2) is 27.2 Å². The van der Waals surface area contributed by atoms with Crippen LogP contribution in [0.1, 0.15) is 37.3 Å². The molecule has 1 rings (SSSR count). The zero-order valence-electron chi connectivity index (χ0n) is 12.0. The highest BCUT2D eigenvalue weighted by molar-refractivity contribution is 5.38. The van der Waals surface area contributed by atoms with Crippen molar-refractivity contribution in [2.45, 2.75) is 32.7 Å². The first-order valence-corrected chi connectivity index (χ1v) is 6.71. The van der Waals surface area contributed by atoms with Crippen molar-refractivity contribution >= 4 is 0 Å². The molecule has 0 aliphatic carbocycles. The molecule has 1 aromatic rings. The van der Waals surface area contributed by atoms with E-state index in [1.165, 1.54) is 11.1 Å². The van der Waals surface area contributed by atoms with Gasteiger partial charge in [0.1, 0.15) is 5.75 Å². The molecule has 2 N–H and O–H groups in total. The second-order valence-corrected chi connectivity index (χ2v) is 4.86. The molecule has 0 bridgehead atoms. The van der Waals surface area contributed by atoms with Crippen molar-refractivity contribution in [3.63, 3.8) is 0 Å². The van der Waals surface area contributed by atoms with Gasteiger partial charge in [0.25, 0.3) is 0 Å². The first-order chi connectivity index (χ1) is 8.69. The van der Waals surface area contributed by atoms with E-state index in [1.807, 2.05) is 7.05 Å². The Hall–Kier alpha value is -1.06. The number of hydrogen-bond acceptors (Lipinski definition) is 3. The molecule has 0 aromatic heterocycles. The van der Waals surface area contributed by atoms with Crippen LogP contribution < -0.4 is 15.4 Å². The predicted octanol–water partition coefficient (Wildman–Crippen LogP) is 2.52. The Kier molecular flexibility index (Phi) is 6.76. The van der Waals surface area contributed by atoms with Gasteiger partial charge in [-0.3, -0.25) is 0 Å². The van der Waals surface area contributed by atoms with Crippen LogP contribution in [0.25, 0.3) is 0 Å². The molecule has 3 heteroatoms. The van der Waals surface area contributed by atoms with Crippen molar-refractivity contribution in [2.75, 3.05) is 27.2 Å². The lowest BCUT2D eigenvalue weighted by atomic mass is 10.0. The fraction of sp³-hybridized carbons (Fsp3) is 0.600. The van der Waals surface area contributed by atoms with Gasteiger partial charge in [-0.25, -0.2) is 0 Å². The third kappa shape index (κ3) is 4.67. The lowest BCUT2D eigenvalue weighted by Crippen LogP contribution is -2.19. The molecule has 0 aliphatic rings. The van der Waals surface area contributed by atoms with E-state index in [0.717, 1.165) is 31.8 Å². The van der Waals surface area contributed by atoms with Crippen molar-refractivity contribution in [1.29, 1.82) is 0 Å². The second-order valence-electron chi connectivity index (χ2n) is 4.86. The summed E-state index contributed by atoms with van der Waals surface area (Å²) in [7, 11) is 3.71. The Morgan fingerprint density at radius 2 is 2.00 bits per heavy atom. The zero-order chi connectivity index (χ0) is 13.4. The van der Waals surface area contributed by atoms with Crippen LogP contribution in [0, 0.1) is 0 Å². The molecule has 0 fully saturated rings. The van der Waals surface area contributed by atoms with Gasteiger partial charge in [0.05, 0.1) is 7.11 Å². The Morgan fingerprint density at radius 3 is 2.61 bits per heavy atom. The quantitative estimate of drug-likeness (QED) is 0.696. The maximum Gasteiger partial charge on any atom is 0.123 e. The van der Waals surface area contributed by atoms with Gasteiger partial charge < -0.3 is 15.4 Å². The summed E-state index contributed by atoms with van der Waals surface area (Å²) in [5, 5.41) is 6.61. The molecule has 0 unspecified atom stereocenters. The van der Waals surface area contributed by atoms with Crippen LogP contribution in [-0.2, 0) is 6.54 Å². The van der Waals surface area contributed by atoms with Crippen LogP contribution in [0.15, 0.2) is 18.2 Å². The molecule has 3 nitrogen and oxygen atoms in total. The lowest BCUT2D eigenvalue weighted by Gasteiger charge is -2.13. The monoisotopic (exact) mass is 250 g/mol. The molecule has 0 saturated carbocycles. The largest absolute Gasteiger partial charge is 0.496 e. The molecule has 0 radical (unpaired) electrons. The van der Waals surface area contributed by atoms with E-state index in [4.69, 9.17) is 4.74 Å². The van der Waals surface area contributed by atoms with Crippen LogP contribution in [0.4, 0.5) is 0 Å². The number of benzene rings is 1. The van der Waals surface area contributed by atoms with Gasteiger partial charge in [0, 0.05) is 12.1 Å². The molecule has 102 valence electrons. The summed E-state index contributed by atoms with van der Waals surface area (Å²) in [5.74, 6) is 1.53. The molecule has 0 spiro atoms. The Balaban J connectivity index is 2.58. The summed E-state index contributed by atoms with van der Waals surface area (Å²) in [5.41, 5.74) is 2.61. The van der Waals surface area contributed by atoms with Crippen LogP contribution >= 0.6 is 0 Å². The number of ether oxygens (including phenoxy) is 1. The van der Waals surface area contributed by atoms with E-state index in [9.17, 15) is 0 Å². The topological polar surface area (TPSA) is 33.3 Å². The van der Waals surface area contributed by atoms with Crippen molar-refractivity contribution in [3.05, 3.63) is 29.3 Å². The van der Waals surface area contributed by atoms with E-state index < -0.39 is 0 Å². The summed E-state index contributed by atoms with van der Waals surface area (Å²) < 4.78 is 5.41. The van der Waals surface area contributed by atoms with E-state index in [-0.39, 0.29) is 0 Å². The normalized spacial score (nSPS) is 10.9. The molecular formula is C15H26N2O. The van der Waals surface area contributed by atoms with E-state index >= 15 is 0 Å². The van der Waals surface area contributed by atoms with Gasteiger partial charge >= 0.3 is 0 Å². The molecule has 0 atom stereocenters. The number of nitrogens with one attached hydrogen (secondary N) is 2. The second kappa shape index (κ2) is 8.11. The van der Waals surface area contributed by atoms with Gasteiger partial charge in [-0.1, -0.05) is 26.0 Å². The van der Waals surface area contributed by atoms with Crippen molar-refractivity contribution in [2.24, 2.45) is 0 Å². The standard InChI is InChI=1S/C15H26N2O/c1-12(2)13-6-7-15(18-4)14(10-13)11-17-9-5-8-16-3/h6-7,10,12,16-17H,5,8-9,11H2,1-4H3. The molecule has 0 saturated heterocycles. The molecule has 18 heavy (non-hydrogen) atoms. The maximum absolute atomic E-state index is 5.41. The van der Waals surface area contributed by atoms with Gasteiger partial charge in [-0.2, -0.15) is 0 Å². The minimum Gasteiger partial charge on any atom is -0.496 e. The number of methoxy groups -OCH3 is 1. The third-order valence-electron chi connectivity index (χ3n) is 3.07. The van der Waals surface area contributed by atoms with Gasteiger partial charge in [0.15, 0.2) is 0 Å². The Morgan fingerprint density at radius 1 is 1.22 bits per heavy atom. The smallest absolute Gasteiger partial charge is 0.123 e. The summed E-state index contributed by atoms with van der Waals surface area (Å²) in [6.07, 6.45) is 1.14. The van der Waals surface area contributed by atoms with Crippen molar-refractivity contribution in [3.8, 4) is 5.75 Å². The summed E-state index contributed by atoms with van der Waals surface area (Å²) >= 11 is 0. The Labute approximate surface area is 111 Å². The molecule has 1 aromatic carbocycles. The average molecular weight is 250 g/mol. The third-order valence-corrected chi connectivity index (χ3v) is 3.07. The number of rotatable bonds is 8. The summed E-state index contributed by atoms with van der Waals surface area (Å²) in [4.78, 5) is 0. The molecule has 0 aliphatic heterocycles. The first kappa shape index (κ1) is 15.0. The minimum absolute atomic E-state index is 0.555. The predicted molar refractivity (Wildman–Crippen MR) is 77.3 cm³/mol. The van der Waals surface area contributed by atoms with Gasteiger partial charge in [-0.05, 0) is 44.1 Å². The highest BCUT2D eigenvalue weighted by atomic mass is 16.5. The van der Waals surface area contributed by atoms with Crippen LogP contribution in [0.2, 0.25) is 0 Å². The van der Waals surface area contributed by atoms with Crippen molar-refractivity contribution in [1.82, 2.24) is 10.6 Å². The van der Waals surface area contributed by atoms with Crippen LogP contribution in [0.3, 0.4) is 0 Å². The van der Waals surface area contributed by atoms with Crippen LogP contribution in [0.5, 0.6) is 5.75 Å². The van der Waals surface area contributed by atoms with Crippen molar-refractivity contribution < 1.29 is 4.74 Å². The highest BCUT2D eigenvalue weighted by Crippen LogP contribution is 2.23. The lowest BCUT2D eigenvalue weighted by molar-refractivity contribution is 0.407. The first-order valence-electron chi connectivity index (χ1n) is 6.71.